The average molecular weight is 368 g/mol. The third-order valence-electron chi connectivity index (χ3n) is 4.41. The van der Waals surface area contributed by atoms with E-state index < -0.39 is 34.5 Å². The van der Waals surface area contributed by atoms with E-state index in [9.17, 15) is 30.6 Å². The zero-order valence-corrected chi connectivity index (χ0v) is 14.6. The van der Waals surface area contributed by atoms with Crippen molar-refractivity contribution in [3.8, 4) is 56.8 Å². The van der Waals surface area contributed by atoms with E-state index in [0.717, 1.165) is 18.4 Å². The van der Waals surface area contributed by atoms with Crippen molar-refractivity contribution in [3.63, 3.8) is 0 Å². The third kappa shape index (κ3) is 3.29. The lowest BCUT2D eigenvalue weighted by atomic mass is 9.93. The summed E-state index contributed by atoms with van der Waals surface area (Å²) in [5.41, 5.74) is 2.68. The predicted molar refractivity (Wildman–Crippen MR) is 101 cm³/mol. The maximum Gasteiger partial charge on any atom is 0.200 e. The van der Waals surface area contributed by atoms with Crippen molar-refractivity contribution < 1.29 is 30.6 Å². The first-order valence-corrected chi connectivity index (χ1v) is 8.46. The van der Waals surface area contributed by atoms with Gasteiger partial charge in [-0.3, -0.25) is 0 Å². The number of aromatic hydroxyl groups is 6. The van der Waals surface area contributed by atoms with Gasteiger partial charge in [-0.15, -0.1) is 0 Å². The minimum Gasteiger partial charge on any atom is -0.504 e. The molecule has 0 heterocycles. The Bertz CT molecular complexity index is 934. The highest BCUT2D eigenvalue weighted by atomic mass is 16.3. The highest BCUT2D eigenvalue weighted by Gasteiger charge is 2.17. The summed E-state index contributed by atoms with van der Waals surface area (Å²) in [5, 5.41) is 59.2. The molecule has 140 valence electrons. The lowest BCUT2D eigenvalue weighted by Gasteiger charge is -2.14. The molecule has 6 nitrogen and oxygen atoms in total. The maximum absolute atomic E-state index is 10.2. The lowest BCUT2D eigenvalue weighted by molar-refractivity contribution is 0.369. The largest absolute Gasteiger partial charge is 0.504 e. The van der Waals surface area contributed by atoms with Crippen LogP contribution in [-0.2, 0) is 6.42 Å². The number of hydrogen-bond donors (Lipinski definition) is 6. The van der Waals surface area contributed by atoms with Crippen LogP contribution in [0.25, 0.3) is 22.3 Å². The number of aryl methyl sites for hydroxylation is 1. The Kier molecular flexibility index (Phi) is 4.73. The van der Waals surface area contributed by atoms with Crippen molar-refractivity contribution in [3.05, 3.63) is 48.0 Å². The molecule has 0 bridgehead atoms. The Labute approximate surface area is 155 Å². The molecule has 0 aliphatic carbocycles. The second-order valence-electron chi connectivity index (χ2n) is 6.33. The van der Waals surface area contributed by atoms with Gasteiger partial charge in [0, 0.05) is 11.1 Å². The summed E-state index contributed by atoms with van der Waals surface area (Å²) in [6, 6.07) is 10.9. The normalized spacial score (nSPS) is 10.9. The molecule has 0 spiro atoms. The first-order chi connectivity index (χ1) is 12.8. The van der Waals surface area contributed by atoms with Gasteiger partial charge in [-0.2, -0.15) is 0 Å². The molecule has 0 amide bonds. The number of phenolic OH excluding ortho intramolecular Hbond substituents is 6. The number of benzene rings is 3. The van der Waals surface area contributed by atoms with Crippen molar-refractivity contribution >= 4 is 0 Å². The quantitative estimate of drug-likeness (QED) is 0.384. The van der Waals surface area contributed by atoms with E-state index in [2.05, 4.69) is 0 Å². The summed E-state index contributed by atoms with van der Waals surface area (Å²) in [4.78, 5) is 0. The second-order valence-corrected chi connectivity index (χ2v) is 6.33. The van der Waals surface area contributed by atoms with E-state index in [-0.39, 0.29) is 0 Å². The summed E-state index contributed by atoms with van der Waals surface area (Å²) in [6.07, 6.45) is 1.60. The highest BCUT2D eigenvalue weighted by Crippen LogP contribution is 2.46. The Hall–Kier alpha value is -3.54. The van der Waals surface area contributed by atoms with Gasteiger partial charge in [0.05, 0.1) is 0 Å². The zero-order valence-electron chi connectivity index (χ0n) is 14.6. The SMILES string of the molecule is CCCc1cc(-c2ccc(O)c(O)c2O)cc(-c2ccc(O)c(O)c2O)c1. The first-order valence-electron chi connectivity index (χ1n) is 8.46. The molecule has 0 aromatic heterocycles. The van der Waals surface area contributed by atoms with Gasteiger partial charge in [0.1, 0.15) is 0 Å². The van der Waals surface area contributed by atoms with Crippen LogP contribution < -0.4 is 0 Å². The van der Waals surface area contributed by atoms with Gasteiger partial charge < -0.3 is 30.6 Å². The van der Waals surface area contributed by atoms with E-state index >= 15 is 0 Å². The van der Waals surface area contributed by atoms with Crippen LogP contribution in [0.2, 0.25) is 0 Å². The van der Waals surface area contributed by atoms with Gasteiger partial charge in [0.25, 0.3) is 0 Å². The van der Waals surface area contributed by atoms with Gasteiger partial charge in [0.15, 0.2) is 23.0 Å². The number of rotatable bonds is 4. The molecule has 0 unspecified atom stereocenters. The molecule has 6 N–H and O–H groups in total. The van der Waals surface area contributed by atoms with Gasteiger partial charge in [-0.05, 0) is 53.4 Å². The molecule has 27 heavy (non-hydrogen) atoms. The Morgan fingerprint density at radius 3 is 1.44 bits per heavy atom. The van der Waals surface area contributed by atoms with Crippen LogP contribution in [0.5, 0.6) is 34.5 Å². The molecule has 0 radical (unpaired) electrons. The van der Waals surface area contributed by atoms with Crippen molar-refractivity contribution in [2.45, 2.75) is 19.8 Å². The fourth-order valence-corrected chi connectivity index (χ4v) is 3.04. The molecule has 3 rings (SSSR count). The summed E-state index contributed by atoms with van der Waals surface area (Å²) >= 11 is 0. The van der Waals surface area contributed by atoms with Gasteiger partial charge in [0.2, 0.25) is 11.5 Å². The third-order valence-corrected chi connectivity index (χ3v) is 4.41. The molecule has 0 saturated carbocycles. The second kappa shape index (κ2) is 6.99. The molecule has 6 heteroatoms. The molecule has 3 aromatic rings. The number of phenols is 6. The van der Waals surface area contributed by atoms with Crippen molar-refractivity contribution in [2.75, 3.05) is 0 Å². The van der Waals surface area contributed by atoms with Crippen molar-refractivity contribution in [1.82, 2.24) is 0 Å². The summed E-state index contributed by atoms with van der Waals surface area (Å²) in [6.45, 7) is 2.01. The van der Waals surface area contributed by atoms with E-state index in [1.54, 1.807) is 6.07 Å². The predicted octanol–water partition coefficient (Wildman–Crippen LogP) is 4.21. The summed E-state index contributed by atoms with van der Waals surface area (Å²) in [7, 11) is 0. The molecular formula is C21H20O6. The average Bonchev–Trinajstić information content (AvgIpc) is 2.64. The topological polar surface area (TPSA) is 121 Å². The fourth-order valence-electron chi connectivity index (χ4n) is 3.04. The van der Waals surface area contributed by atoms with E-state index in [4.69, 9.17) is 0 Å². The fraction of sp³-hybridized carbons (Fsp3) is 0.143. The van der Waals surface area contributed by atoms with Crippen LogP contribution in [0.15, 0.2) is 42.5 Å². The van der Waals surface area contributed by atoms with E-state index in [1.165, 1.54) is 24.3 Å². The Morgan fingerprint density at radius 2 is 1.04 bits per heavy atom. The van der Waals surface area contributed by atoms with Crippen LogP contribution in [0, 0.1) is 0 Å². The maximum atomic E-state index is 10.2. The van der Waals surface area contributed by atoms with Crippen LogP contribution in [-0.4, -0.2) is 30.6 Å². The van der Waals surface area contributed by atoms with Gasteiger partial charge in [-0.1, -0.05) is 25.5 Å². The Morgan fingerprint density at radius 1 is 0.593 bits per heavy atom. The molecule has 0 aliphatic heterocycles. The summed E-state index contributed by atoms with van der Waals surface area (Å²) < 4.78 is 0. The summed E-state index contributed by atoms with van der Waals surface area (Å²) in [5.74, 6) is -2.98. The van der Waals surface area contributed by atoms with E-state index in [0.29, 0.717) is 22.3 Å². The molecule has 0 aliphatic rings. The van der Waals surface area contributed by atoms with Gasteiger partial charge >= 0.3 is 0 Å². The highest BCUT2D eigenvalue weighted by molar-refractivity contribution is 5.82. The standard InChI is InChI=1S/C21H20O6/c1-2-3-11-8-12(14-4-6-16(22)20(26)18(14)24)10-13(9-11)15-5-7-17(23)21(27)19(15)25/h4-10,22-27H,2-3H2,1H3. The smallest absolute Gasteiger partial charge is 0.200 e. The zero-order chi connectivity index (χ0) is 19.7. The molecule has 0 fully saturated rings. The molecular weight excluding hydrogens is 348 g/mol. The minimum absolute atomic E-state index is 0.312. The van der Waals surface area contributed by atoms with Crippen molar-refractivity contribution in [1.29, 1.82) is 0 Å². The number of hydrogen-bond acceptors (Lipinski definition) is 6. The van der Waals surface area contributed by atoms with Crippen LogP contribution in [0.3, 0.4) is 0 Å². The van der Waals surface area contributed by atoms with Crippen LogP contribution in [0.1, 0.15) is 18.9 Å². The first kappa shape index (κ1) is 18.3. The van der Waals surface area contributed by atoms with Gasteiger partial charge in [-0.25, -0.2) is 0 Å². The van der Waals surface area contributed by atoms with E-state index in [1.807, 2.05) is 19.1 Å². The Balaban J connectivity index is 2.23. The van der Waals surface area contributed by atoms with Crippen LogP contribution in [0.4, 0.5) is 0 Å². The molecule has 0 atom stereocenters. The molecule has 0 saturated heterocycles. The molecule has 3 aromatic carbocycles. The minimum atomic E-state index is -0.611. The van der Waals surface area contributed by atoms with Crippen LogP contribution >= 0.6 is 0 Å². The van der Waals surface area contributed by atoms with Crippen molar-refractivity contribution in [2.24, 2.45) is 0 Å². The lowest BCUT2D eigenvalue weighted by Crippen LogP contribution is -1.90. The monoisotopic (exact) mass is 368 g/mol.